The molecular formula is C7H9N3. The number of hydrogen-bond acceptors (Lipinski definition) is 3. The maximum atomic E-state index is 8.48. The highest BCUT2D eigenvalue weighted by molar-refractivity contribution is 4.98. The second-order valence-electron chi connectivity index (χ2n) is 2.49. The first kappa shape index (κ1) is 7.05. The average Bonchev–Trinajstić information content (AvgIpc) is 2.05. The predicted octanol–water partition coefficient (Wildman–Crippen LogP) is 0.402. The number of hydrogen-bond donors (Lipinski definition) is 1. The van der Waals surface area contributed by atoms with Crippen LogP contribution in [0.2, 0.25) is 0 Å². The van der Waals surface area contributed by atoms with E-state index < -0.39 is 0 Å². The largest absolute Gasteiger partial charge is 0.301 e. The van der Waals surface area contributed by atoms with Gasteiger partial charge in [-0.25, -0.2) is 0 Å². The third-order valence-electron chi connectivity index (χ3n) is 1.75. The van der Waals surface area contributed by atoms with E-state index in [1.165, 1.54) is 0 Å². The third-order valence-corrected chi connectivity index (χ3v) is 1.75. The van der Waals surface area contributed by atoms with Gasteiger partial charge in [-0.15, -0.1) is 0 Å². The van der Waals surface area contributed by atoms with Crippen LogP contribution in [0, 0.1) is 28.6 Å². The molecule has 0 spiro atoms. The molecule has 3 heteroatoms. The Labute approximate surface area is 60.3 Å². The minimum Gasteiger partial charge on any atom is -0.301 e. The normalized spacial score (nSPS) is 32.2. The Bertz CT molecular complexity index is 156. The summed E-state index contributed by atoms with van der Waals surface area (Å²) in [5.41, 5.74) is 0. The SMILES string of the molecule is N#C[C@H]1CC[C@@H](C#N)NC1. The van der Waals surface area contributed by atoms with Gasteiger partial charge in [0.05, 0.1) is 24.1 Å². The molecule has 0 aromatic heterocycles. The molecule has 1 fully saturated rings. The Balaban J connectivity index is 2.34. The van der Waals surface area contributed by atoms with Crippen LogP contribution in [0.25, 0.3) is 0 Å². The second-order valence-corrected chi connectivity index (χ2v) is 2.49. The van der Waals surface area contributed by atoms with Crippen molar-refractivity contribution < 1.29 is 0 Å². The van der Waals surface area contributed by atoms with Gasteiger partial charge >= 0.3 is 0 Å². The molecule has 52 valence electrons. The van der Waals surface area contributed by atoms with Crippen molar-refractivity contribution in [2.24, 2.45) is 5.92 Å². The quantitative estimate of drug-likeness (QED) is 0.523. The molecule has 1 saturated heterocycles. The summed E-state index contributed by atoms with van der Waals surface area (Å²) in [5.74, 6) is 0.115. The Morgan fingerprint density at radius 1 is 1.20 bits per heavy atom. The maximum absolute atomic E-state index is 8.48. The Morgan fingerprint density at radius 3 is 2.40 bits per heavy atom. The Hall–Kier alpha value is -1.06. The van der Waals surface area contributed by atoms with Crippen molar-refractivity contribution in [3.8, 4) is 12.1 Å². The topological polar surface area (TPSA) is 59.6 Å². The maximum Gasteiger partial charge on any atom is 0.0953 e. The fraction of sp³-hybridized carbons (Fsp3) is 0.714. The summed E-state index contributed by atoms with van der Waals surface area (Å²) in [6.07, 6.45) is 1.68. The molecule has 3 nitrogen and oxygen atoms in total. The minimum absolute atomic E-state index is 0.0235. The Kier molecular flexibility index (Phi) is 2.25. The molecule has 2 atom stereocenters. The summed E-state index contributed by atoms with van der Waals surface area (Å²) in [7, 11) is 0. The zero-order valence-electron chi connectivity index (χ0n) is 5.67. The molecule has 10 heavy (non-hydrogen) atoms. The number of nitriles is 2. The fourth-order valence-electron chi connectivity index (χ4n) is 1.08. The van der Waals surface area contributed by atoms with Gasteiger partial charge in [0.15, 0.2) is 0 Å². The lowest BCUT2D eigenvalue weighted by Gasteiger charge is -2.20. The number of nitrogens with one attached hydrogen (secondary N) is 1. The first-order chi connectivity index (χ1) is 4.86. The van der Waals surface area contributed by atoms with Gasteiger partial charge < -0.3 is 5.32 Å². The van der Waals surface area contributed by atoms with Crippen LogP contribution < -0.4 is 5.32 Å². The van der Waals surface area contributed by atoms with Crippen LogP contribution >= 0.6 is 0 Å². The summed E-state index contributed by atoms with van der Waals surface area (Å²) < 4.78 is 0. The van der Waals surface area contributed by atoms with Crippen LogP contribution in [0.4, 0.5) is 0 Å². The van der Waals surface area contributed by atoms with Crippen molar-refractivity contribution in [1.29, 1.82) is 10.5 Å². The van der Waals surface area contributed by atoms with E-state index in [2.05, 4.69) is 17.5 Å². The fourth-order valence-corrected chi connectivity index (χ4v) is 1.08. The lowest BCUT2D eigenvalue weighted by Crippen LogP contribution is -2.37. The molecule has 0 radical (unpaired) electrons. The van der Waals surface area contributed by atoms with E-state index in [1.54, 1.807) is 0 Å². The summed E-state index contributed by atoms with van der Waals surface area (Å²) in [6, 6.07) is 4.28. The molecule has 0 aromatic carbocycles. The summed E-state index contributed by atoms with van der Waals surface area (Å²) in [4.78, 5) is 0. The van der Waals surface area contributed by atoms with Gasteiger partial charge in [0.1, 0.15) is 0 Å². The van der Waals surface area contributed by atoms with Crippen molar-refractivity contribution in [3.05, 3.63) is 0 Å². The lowest BCUT2D eigenvalue weighted by atomic mass is 9.97. The monoisotopic (exact) mass is 135 g/mol. The van der Waals surface area contributed by atoms with Crippen LogP contribution in [0.5, 0.6) is 0 Å². The second kappa shape index (κ2) is 3.20. The molecule has 1 aliphatic rings. The lowest BCUT2D eigenvalue weighted by molar-refractivity contribution is 0.400. The van der Waals surface area contributed by atoms with Crippen molar-refractivity contribution in [2.45, 2.75) is 18.9 Å². The molecule has 1 heterocycles. The zero-order chi connectivity index (χ0) is 7.40. The average molecular weight is 135 g/mol. The molecule has 1 aliphatic heterocycles. The van der Waals surface area contributed by atoms with Gasteiger partial charge in [-0.05, 0) is 12.8 Å². The van der Waals surface area contributed by atoms with E-state index in [4.69, 9.17) is 10.5 Å². The Morgan fingerprint density at radius 2 is 2.00 bits per heavy atom. The van der Waals surface area contributed by atoms with E-state index >= 15 is 0 Å². The third kappa shape index (κ3) is 1.46. The molecule has 1 rings (SSSR count). The molecule has 0 amide bonds. The van der Waals surface area contributed by atoms with Gasteiger partial charge in [0.25, 0.3) is 0 Å². The van der Waals surface area contributed by atoms with Gasteiger partial charge in [0, 0.05) is 6.54 Å². The smallest absolute Gasteiger partial charge is 0.0953 e. The van der Waals surface area contributed by atoms with Crippen LogP contribution in [-0.2, 0) is 0 Å². The first-order valence-corrected chi connectivity index (χ1v) is 3.39. The highest BCUT2D eigenvalue weighted by Crippen LogP contribution is 2.12. The highest BCUT2D eigenvalue weighted by atomic mass is 14.9. The summed E-state index contributed by atoms with van der Waals surface area (Å²) in [5, 5.41) is 19.9. The number of nitrogens with zero attached hydrogens (tertiary/aromatic N) is 2. The van der Waals surface area contributed by atoms with Gasteiger partial charge in [-0.1, -0.05) is 0 Å². The zero-order valence-corrected chi connectivity index (χ0v) is 5.67. The van der Waals surface area contributed by atoms with Crippen LogP contribution in [-0.4, -0.2) is 12.6 Å². The van der Waals surface area contributed by atoms with Crippen molar-refractivity contribution in [2.75, 3.05) is 6.54 Å². The first-order valence-electron chi connectivity index (χ1n) is 3.39. The number of rotatable bonds is 0. The van der Waals surface area contributed by atoms with Crippen molar-refractivity contribution in [3.63, 3.8) is 0 Å². The van der Waals surface area contributed by atoms with Gasteiger partial charge in [-0.3, -0.25) is 0 Å². The van der Waals surface area contributed by atoms with E-state index in [0.717, 1.165) is 12.8 Å². The van der Waals surface area contributed by atoms with E-state index in [0.29, 0.717) is 6.54 Å². The molecule has 0 saturated carbocycles. The van der Waals surface area contributed by atoms with Gasteiger partial charge in [-0.2, -0.15) is 10.5 Å². The molecular weight excluding hydrogens is 126 g/mol. The molecule has 0 bridgehead atoms. The van der Waals surface area contributed by atoms with Gasteiger partial charge in [0.2, 0.25) is 0 Å². The van der Waals surface area contributed by atoms with Crippen molar-refractivity contribution in [1.82, 2.24) is 5.32 Å². The molecule has 1 N–H and O–H groups in total. The molecule has 0 unspecified atom stereocenters. The molecule has 0 aliphatic carbocycles. The van der Waals surface area contributed by atoms with E-state index in [-0.39, 0.29) is 12.0 Å². The number of piperidine rings is 1. The standard InChI is InChI=1S/C7H9N3/c8-3-6-1-2-7(4-9)10-5-6/h6-7,10H,1-2,5H2/t6-,7+/m1/s1. The van der Waals surface area contributed by atoms with Crippen LogP contribution in [0.1, 0.15) is 12.8 Å². The van der Waals surface area contributed by atoms with Crippen LogP contribution in [0.3, 0.4) is 0 Å². The highest BCUT2D eigenvalue weighted by Gasteiger charge is 2.18. The molecule has 0 aromatic rings. The van der Waals surface area contributed by atoms with Crippen LogP contribution in [0.15, 0.2) is 0 Å². The summed E-state index contributed by atoms with van der Waals surface area (Å²) in [6.45, 7) is 0.675. The minimum atomic E-state index is -0.0235. The predicted molar refractivity (Wildman–Crippen MR) is 35.7 cm³/mol. The van der Waals surface area contributed by atoms with E-state index in [1.807, 2.05) is 0 Å². The summed E-state index contributed by atoms with van der Waals surface area (Å²) >= 11 is 0. The van der Waals surface area contributed by atoms with E-state index in [9.17, 15) is 0 Å². The van der Waals surface area contributed by atoms with Crippen molar-refractivity contribution >= 4 is 0 Å².